The van der Waals surface area contributed by atoms with Crippen molar-refractivity contribution in [3.63, 3.8) is 0 Å². The maximum atomic E-state index is 14.6. The van der Waals surface area contributed by atoms with E-state index in [0.29, 0.717) is 5.92 Å². The molecule has 0 fully saturated rings. The van der Waals surface area contributed by atoms with Crippen molar-refractivity contribution in [2.75, 3.05) is 0 Å². The van der Waals surface area contributed by atoms with E-state index >= 15 is 0 Å². The summed E-state index contributed by atoms with van der Waals surface area (Å²) >= 11 is 0. The summed E-state index contributed by atoms with van der Waals surface area (Å²) in [7, 11) is -2.91. The molecule has 2 unspecified atom stereocenters. The van der Waals surface area contributed by atoms with Gasteiger partial charge >= 0.3 is 0 Å². The fourth-order valence-electron chi connectivity index (χ4n) is 4.93. The minimum atomic E-state index is -2.91. The van der Waals surface area contributed by atoms with Gasteiger partial charge in [-0.05, 0) is 29.7 Å². The summed E-state index contributed by atoms with van der Waals surface area (Å²) in [5.41, 5.74) is 1.51. The van der Waals surface area contributed by atoms with Crippen LogP contribution in [-0.4, -0.2) is 0 Å². The minimum absolute atomic E-state index is 0.145. The number of hydrogen-bond acceptors (Lipinski definition) is 1. The van der Waals surface area contributed by atoms with Crippen molar-refractivity contribution < 1.29 is 4.57 Å². The molecule has 2 heteroatoms. The third kappa shape index (κ3) is 4.73. The zero-order valence-electron chi connectivity index (χ0n) is 19.6. The van der Waals surface area contributed by atoms with Crippen molar-refractivity contribution in [3.05, 3.63) is 90.5 Å². The summed E-state index contributed by atoms with van der Waals surface area (Å²) in [6.07, 6.45) is 6.10. The lowest BCUT2D eigenvalue weighted by Crippen LogP contribution is -2.32. The maximum Gasteiger partial charge on any atom is 0.171 e. The Kier molecular flexibility index (Phi) is 7.95. The smallest absolute Gasteiger partial charge is 0.171 e. The summed E-state index contributed by atoms with van der Waals surface area (Å²) in [5, 5.41) is 2.69. The molecule has 3 rings (SSSR count). The molecule has 0 bridgehead atoms. The summed E-state index contributed by atoms with van der Waals surface area (Å²) in [6.45, 7) is 9.32. The van der Waals surface area contributed by atoms with Crippen LogP contribution in [0.5, 0.6) is 0 Å². The Bertz CT molecular complexity index is 935. The third-order valence-corrected chi connectivity index (χ3v) is 10.2. The first-order chi connectivity index (χ1) is 15.0. The molecular formula is C29H37OP. The average Bonchev–Trinajstić information content (AvgIpc) is 2.85. The van der Waals surface area contributed by atoms with E-state index < -0.39 is 7.14 Å². The van der Waals surface area contributed by atoms with E-state index in [2.05, 4.69) is 52.0 Å². The Balaban J connectivity index is 2.06. The Morgan fingerprint density at radius 3 is 1.65 bits per heavy atom. The molecule has 3 aromatic rings. The van der Waals surface area contributed by atoms with Gasteiger partial charge in [-0.2, -0.15) is 0 Å². The molecule has 0 saturated heterocycles. The van der Waals surface area contributed by atoms with Gasteiger partial charge in [-0.1, -0.05) is 132 Å². The van der Waals surface area contributed by atoms with Crippen LogP contribution >= 0.6 is 7.14 Å². The predicted octanol–water partition coefficient (Wildman–Crippen LogP) is 7.21. The molecule has 0 radical (unpaired) electrons. The largest absolute Gasteiger partial charge is 0.309 e. The second kappa shape index (κ2) is 10.5. The lowest BCUT2D eigenvalue weighted by atomic mass is 9.67. The number of rotatable bonds is 10. The third-order valence-electron chi connectivity index (χ3n) is 7.16. The Morgan fingerprint density at radius 2 is 1.23 bits per heavy atom. The highest BCUT2D eigenvalue weighted by molar-refractivity contribution is 7.85. The quantitative estimate of drug-likeness (QED) is 0.309. The number of benzene rings is 3. The van der Waals surface area contributed by atoms with Crippen LogP contribution in [0.25, 0.3) is 0 Å². The fraction of sp³-hybridized carbons (Fsp3) is 0.379. The van der Waals surface area contributed by atoms with Crippen molar-refractivity contribution in [2.45, 2.75) is 65.2 Å². The van der Waals surface area contributed by atoms with E-state index in [-0.39, 0.29) is 5.41 Å². The molecule has 164 valence electrons. The van der Waals surface area contributed by atoms with Crippen LogP contribution in [0, 0.1) is 5.92 Å². The van der Waals surface area contributed by atoms with E-state index in [0.717, 1.165) is 22.3 Å². The molecule has 0 aliphatic rings. The molecule has 0 saturated carbocycles. The van der Waals surface area contributed by atoms with Gasteiger partial charge in [0, 0.05) is 15.9 Å². The van der Waals surface area contributed by atoms with E-state index in [4.69, 9.17) is 0 Å². The molecule has 1 nitrogen and oxygen atoms in total. The van der Waals surface area contributed by atoms with E-state index in [1.807, 2.05) is 60.7 Å². The van der Waals surface area contributed by atoms with Crippen molar-refractivity contribution in [2.24, 2.45) is 5.92 Å². The molecule has 31 heavy (non-hydrogen) atoms. The Hall–Kier alpha value is -2.11. The predicted molar refractivity (Wildman–Crippen MR) is 137 cm³/mol. The molecule has 0 aromatic heterocycles. The topological polar surface area (TPSA) is 17.1 Å². The molecule has 2 atom stereocenters. The molecule has 0 aliphatic carbocycles. The first-order valence-electron chi connectivity index (χ1n) is 11.8. The lowest BCUT2D eigenvalue weighted by molar-refractivity contribution is 0.251. The van der Waals surface area contributed by atoms with Crippen LogP contribution in [0.15, 0.2) is 84.9 Å². The van der Waals surface area contributed by atoms with Gasteiger partial charge in [-0.15, -0.1) is 0 Å². The first-order valence-corrected chi connectivity index (χ1v) is 13.5. The molecule has 0 N–H and O–H groups in total. The average molecular weight is 433 g/mol. The van der Waals surface area contributed by atoms with E-state index in [1.165, 1.54) is 31.2 Å². The maximum absolute atomic E-state index is 14.6. The number of unbranched alkanes of at least 4 members (excludes halogenated alkanes) is 1. The highest BCUT2D eigenvalue weighted by Crippen LogP contribution is 2.44. The molecule has 3 aromatic carbocycles. The summed E-state index contributed by atoms with van der Waals surface area (Å²) in [5.74, 6) is 0.665. The van der Waals surface area contributed by atoms with Gasteiger partial charge in [0.2, 0.25) is 0 Å². The molecular weight excluding hydrogens is 395 g/mol. The van der Waals surface area contributed by atoms with Crippen molar-refractivity contribution in [1.29, 1.82) is 0 Å². The zero-order valence-corrected chi connectivity index (χ0v) is 20.4. The van der Waals surface area contributed by atoms with Gasteiger partial charge in [-0.3, -0.25) is 0 Å². The van der Waals surface area contributed by atoms with Crippen LogP contribution in [-0.2, 0) is 9.98 Å². The Morgan fingerprint density at radius 1 is 0.742 bits per heavy atom. The molecule has 0 aliphatic heterocycles. The second-order valence-corrected chi connectivity index (χ2v) is 11.6. The van der Waals surface area contributed by atoms with E-state index in [1.54, 1.807) is 0 Å². The van der Waals surface area contributed by atoms with Gasteiger partial charge in [-0.25, -0.2) is 0 Å². The van der Waals surface area contributed by atoms with Crippen molar-refractivity contribution >= 4 is 23.1 Å². The van der Waals surface area contributed by atoms with Crippen LogP contribution in [0.1, 0.15) is 65.4 Å². The number of hydrogen-bond donors (Lipinski definition) is 0. The van der Waals surface area contributed by atoms with E-state index in [9.17, 15) is 4.57 Å². The summed E-state index contributed by atoms with van der Waals surface area (Å²) < 4.78 is 14.6. The van der Waals surface area contributed by atoms with Crippen LogP contribution in [0.2, 0.25) is 0 Å². The zero-order chi connectivity index (χ0) is 22.3. The van der Waals surface area contributed by atoms with Gasteiger partial charge < -0.3 is 4.57 Å². The van der Waals surface area contributed by atoms with Gasteiger partial charge in [0.05, 0.1) is 0 Å². The molecule has 0 heterocycles. The fourth-order valence-corrected chi connectivity index (χ4v) is 7.57. The summed E-state index contributed by atoms with van der Waals surface area (Å²) in [6, 6.07) is 28.6. The lowest BCUT2D eigenvalue weighted by Gasteiger charge is -2.38. The van der Waals surface area contributed by atoms with Crippen LogP contribution in [0.3, 0.4) is 0 Å². The van der Waals surface area contributed by atoms with Gasteiger partial charge in [0.15, 0.2) is 7.14 Å². The highest BCUT2D eigenvalue weighted by atomic mass is 31.2. The first kappa shape index (κ1) is 23.6. The van der Waals surface area contributed by atoms with Crippen LogP contribution in [0.4, 0.5) is 0 Å². The van der Waals surface area contributed by atoms with Crippen molar-refractivity contribution in [1.82, 2.24) is 0 Å². The highest BCUT2D eigenvalue weighted by Gasteiger charge is 2.34. The minimum Gasteiger partial charge on any atom is -0.309 e. The van der Waals surface area contributed by atoms with Crippen LogP contribution < -0.4 is 15.9 Å². The SMILES string of the molecule is CCCCC(CC)C(C)(CC)c1ccc(P(=O)(c2ccccc2)c2ccccc2)cc1. The normalized spacial score (nSPS) is 14.7. The molecule has 0 amide bonds. The summed E-state index contributed by atoms with van der Waals surface area (Å²) in [4.78, 5) is 0. The van der Waals surface area contributed by atoms with Gasteiger partial charge in [0.25, 0.3) is 0 Å². The van der Waals surface area contributed by atoms with Gasteiger partial charge in [0.1, 0.15) is 0 Å². The Labute approximate surface area is 189 Å². The monoisotopic (exact) mass is 432 g/mol. The van der Waals surface area contributed by atoms with Crippen molar-refractivity contribution in [3.8, 4) is 0 Å². The standard InChI is InChI=1S/C29H37OP/c1-5-8-15-24(6-2)29(4,7-3)25-20-22-28(23-21-25)31(30,26-16-11-9-12-17-26)27-18-13-10-14-19-27/h9-14,16-24H,5-8,15H2,1-4H3. The molecule has 0 spiro atoms. The second-order valence-electron chi connectivity index (χ2n) is 8.85.